The standard InChI is InChI=1S/C17H25N3O2/c1-3-15(20-9-7-19(2)8-10-20)17(21)13-4-5-16-14(12-13)18-6-11-22-16/h4-5,12,15,18H,3,6-11H2,1-2H3. The maximum atomic E-state index is 12.9. The monoisotopic (exact) mass is 303 g/mol. The highest BCUT2D eigenvalue weighted by molar-refractivity contribution is 6.01. The zero-order chi connectivity index (χ0) is 15.5. The lowest BCUT2D eigenvalue weighted by Crippen LogP contribution is -2.51. The SMILES string of the molecule is CCC(C(=O)c1ccc2c(c1)NCCO2)N1CCN(C)CC1. The summed E-state index contributed by atoms with van der Waals surface area (Å²) in [7, 11) is 2.13. The van der Waals surface area contributed by atoms with Crippen molar-refractivity contribution in [2.24, 2.45) is 0 Å². The highest BCUT2D eigenvalue weighted by Gasteiger charge is 2.28. The summed E-state index contributed by atoms with van der Waals surface area (Å²) in [6.45, 7) is 7.56. The second kappa shape index (κ2) is 6.67. The number of hydrogen-bond acceptors (Lipinski definition) is 5. The van der Waals surface area contributed by atoms with Crippen LogP contribution in [0.1, 0.15) is 23.7 Å². The Morgan fingerprint density at radius 3 is 2.82 bits per heavy atom. The van der Waals surface area contributed by atoms with Crippen LogP contribution in [0.25, 0.3) is 0 Å². The number of rotatable bonds is 4. The van der Waals surface area contributed by atoms with E-state index in [4.69, 9.17) is 4.74 Å². The number of benzene rings is 1. The lowest BCUT2D eigenvalue weighted by atomic mass is 9.99. The zero-order valence-electron chi connectivity index (χ0n) is 13.5. The van der Waals surface area contributed by atoms with E-state index in [1.165, 1.54) is 0 Å². The number of carbonyl (C=O) groups is 1. The molecule has 3 rings (SSSR count). The van der Waals surface area contributed by atoms with Crippen molar-refractivity contribution in [3.05, 3.63) is 23.8 Å². The van der Waals surface area contributed by atoms with Crippen LogP contribution in [0.5, 0.6) is 5.75 Å². The number of anilines is 1. The fourth-order valence-electron chi connectivity index (χ4n) is 3.23. The van der Waals surface area contributed by atoms with Gasteiger partial charge in [-0.1, -0.05) is 6.92 Å². The minimum Gasteiger partial charge on any atom is -0.490 e. The van der Waals surface area contributed by atoms with Crippen LogP contribution in [-0.2, 0) is 0 Å². The van der Waals surface area contributed by atoms with Crippen molar-refractivity contribution in [2.75, 3.05) is 51.7 Å². The molecule has 120 valence electrons. The summed E-state index contributed by atoms with van der Waals surface area (Å²) >= 11 is 0. The molecule has 2 heterocycles. The Morgan fingerprint density at radius 2 is 2.09 bits per heavy atom. The molecule has 0 aromatic heterocycles. The molecule has 0 radical (unpaired) electrons. The first kappa shape index (κ1) is 15.3. The van der Waals surface area contributed by atoms with Crippen LogP contribution in [0, 0.1) is 0 Å². The van der Waals surface area contributed by atoms with Crippen molar-refractivity contribution in [1.82, 2.24) is 9.80 Å². The number of carbonyl (C=O) groups excluding carboxylic acids is 1. The van der Waals surface area contributed by atoms with E-state index in [0.717, 1.165) is 56.1 Å². The number of nitrogens with one attached hydrogen (secondary N) is 1. The van der Waals surface area contributed by atoms with E-state index in [1.54, 1.807) is 0 Å². The van der Waals surface area contributed by atoms with Crippen LogP contribution in [0.4, 0.5) is 5.69 Å². The molecule has 0 saturated carbocycles. The van der Waals surface area contributed by atoms with E-state index in [0.29, 0.717) is 6.61 Å². The largest absolute Gasteiger partial charge is 0.490 e. The maximum Gasteiger partial charge on any atom is 0.180 e. The third-order valence-corrected chi connectivity index (χ3v) is 4.61. The molecule has 1 fully saturated rings. The molecule has 22 heavy (non-hydrogen) atoms. The number of hydrogen-bond donors (Lipinski definition) is 1. The molecule has 1 unspecified atom stereocenters. The molecule has 1 aromatic carbocycles. The van der Waals surface area contributed by atoms with Gasteiger partial charge in [0.1, 0.15) is 12.4 Å². The van der Waals surface area contributed by atoms with Crippen molar-refractivity contribution < 1.29 is 9.53 Å². The van der Waals surface area contributed by atoms with Gasteiger partial charge in [0.05, 0.1) is 11.7 Å². The van der Waals surface area contributed by atoms with Gasteiger partial charge in [0.15, 0.2) is 5.78 Å². The van der Waals surface area contributed by atoms with E-state index in [-0.39, 0.29) is 11.8 Å². The molecule has 1 saturated heterocycles. The van der Waals surface area contributed by atoms with Gasteiger partial charge in [0.2, 0.25) is 0 Å². The van der Waals surface area contributed by atoms with E-state index >= 15 is 0 Å². The number of ketones is 1. The van der Waals surface area contributed by atoms with Crippen LogP contribution in [0.2, 0.25) is 0 Å². The predicted octanol–water partition coefficient (Wildman–Crippen LogP) is 1.70. The Bertz CT molecular complexity index is 539. The van der Waals surface area contributed by atoms with Crippen molar-refractivity contribution in [2.45, 2.75) is 19.4 Å². The smallest absolute Gasteiger partial charge is 0.180 e. The van der Waals surface area contributed by atoms with Crippen LogP contribution >= 0.6 is 0 Å². The quantitative estimate of drug-likeness (QED) is 0.858. The highest BCUT2D eigenvalue weighted by atomic mass is 16.5. The summed E-state index contributed by atoms with van der Waals surface area (Å²) in [5, 5.41) is 3.30. The third kappa shape index (κ3) is 3.10. The van der Waals surface area contributed by atoms with E-state index in [1.807, 2.05) is 18.2 Å². The van der Waals surface area contributed by atoms with E-state index < -0.39 is 0 Å². The summed E-state index contributed by atoms with van der Waals surface area (Å²) in [4.78, 5) is 17.6. The molecule has 5 heteroatoms. The highest BCUT2D eigenvalue weighted by Crippen LogP contribution is 2.29. The molecule has 2 aliphatic rings. The molecule has 1 atom stereocenters. The first-order chi connectivity index (χ1) is 10.7. The van der Waals surface area contributed by atoms with E-state index in [9.17, 15) is 4.79 Å². The van der Waals surface area contributed by atoms with Crippen LogP contribution in [-0.4, -0.2) is 68.0 Å². The van der Waals surface area contributed by atoms with Crippen molar-refractivity contribution in [3.8, 4) is 5.75 Å². The van der Waals surface area contributed by atoms with Crippen molar-refractivity contribution in [1.29, 1.82) is 0 Å². The fraction of sp³-hybridized carbons (Fsp3) is 0.588. The Hall–Kier alpha value is -1.59. The topological polar surface area (TPSA) is 44.8 Å². The van der Waals surface area contributed by atoms with Crippen molar-refractivity contribution >= 4 is 11.5 Å². The number of likely N-dealkylation sites (N-methyl/N-ethyl adjacent to an activating group) is 1. The molecule has 1 aromatic rings. The van der Waals surface area contributed by atoms with Gasteiger partial charge in [-0.25, -0.2) is 0 Å². The second-order valence-electron chi connectivity index (χ2n) is 6.11. The van der Waals surface area contributed by atoms with E-state index in [2.05, 4.69) is 29.1 Å². The minimum atomic E-state index is -0.0174. The lowest BCUT2D eigenvalue weighted by Gasteiger charge is -2.37. The van der Waals surface area contributed by atoms with Crippen LogP contribution < -0.4 is 10.1 Å². The number of Topliss-reactive ketones (excluding diaryl/α,β-unsaturated/α-hetero) is 1. The number of nitrogens with zero attached hydrogens (tertiary/aromatic N) is 2. The molecule has 1 N–H and O–H groups in total. The summed E-state index contributed by atoms with van der Waals surface area (Å²) in [6.07, 6.45) is 0.851. The first-order valence-electron chi connectivity index (χ1n) is 8.16. The second-order valence-corrected chi connectivity index (χ2v) is 6.11. The van der Waals surface area contributed by atoms with Gasteiger partial charge in [0.25, 0.3) is 0 Å². The minimum absolute atomic E-state index is 0.0174. The van der Waals surface area contributed by atoms with Gasteiger partial charge >= 0.3 is 0 Å². The average molecular weight is 303 g/mol. The Labute approximate surface area is 132 Å². The van der Waals surface area contributed by atoms with Crippen molar-refractivity contribution in [3.63, 3.8) is 0 Å². The van der Waals surface area contributed by atoms with Crippen LogP contribution in [0.15, 0.2) is 18.2 Å². The molecule has 0 bridgehead atoms. The van der Waals surface area contributed by atoms with Crippen LogP contribution in [0.3, 0.4) is 0 Å². The molecule has 0 aliphatic carbocycles. The van der Waals surface area contributed by atoms with Gasteiger partial charge in [-0.3, -0.25) is 9.69 Å². The molecule has 0 amide bonds. The molecule has 0 spiro atoms. The average Bonchev–Trinajstić information content (AvgIpc) is 2.56. The lowest BCUT2D eigenvalue weighted by molar-refractivity contribution is 0.0698. The zero-order valence-corrected chi connectivity index (χ0v) is 13.5. The first-order valence-corrected chi connectivity index (χ1v) is 8.16. The van der Waals surface area contributed by atoms with Gasteiger partial charge in [0, 0.05) is 38.3 Å². The normalized spacial score (nSPS) is 20.6. The van der Waals surface area contributed by atoms with Gasteiger partial charge in [-0.05, 0) is 31.7 Å². The maximum absolute atomic E-state index is 12.9. The Kier molecular flexibility index (Phi) is 4.64. The summed E-state index contributed by atoms with van der Waals surface area (Å²) in [5.41, 5.74) is 1.72. The predicted molar refractivity (Wildman–Crippen MR) is 87.9 cm³/mol. The molecule has 5 nitrogen and oxygen atoms in total. The van der Waals surface area contributed by atoms with Gasteiger partial charge < -0.3 is 15.0 Å². The number of fused-ring (bicyclic) bond motifs is 1. The Morgan fingerprint density at radius 1 is 1.32 bits per heavy atom. The number of piperazine rings is 1. The summed E-state index contributed by atoms with van der Waals surface area (Å²) < 4.78 is 5.58. The third-order valence-electron chi connectivity index (χ3n) is 4.61. The summed E-state index contributed by atoms with van der Waals surface area (Å²) in [6, 6.07) is 5.73. The van der Waals surface area contributed by atoms with Gasteiger partial charge in [-0.15, -0.1) is 0 Å². The number of ether oxygens (including phenoxy) is 1. The summed E-state index contributed by atoms with van der Waals surface area (Å²) in [5.74, 6) is 1.07. The molecular formula is C17H25N3O2. The fourth-order valence-corrected chi connectivity index (χ4v) is 3.23. The molecule has 2 aliphatic heterocycles. The van der Waals surface area contributed by atoms with Gasteiger partial charge in [-0.2, -0.15) is 0 Å². The molecular weight excluding hydrogens is 278 g/mol. The Balaban J connectivity index is 1.76.